The molecule has 2 N–H and O–H groups in total. The second kappa shape index (κ2) is 3.93. The first-order valence-corrected chi connectivity index (χ1v) is 6.78. The Hall–Kier alpha value is -0.310. The summed E-state index contributed by atoms with van der Waals surface area (Å²) in [5.74, 6) is 2.96. The highest BCUT2D eigenvalue weighted by atomic mass is 32.1. The largest absolute Gasteiger partial charge is 0.362 e. The van der Waals surface area contributed by atoms with E-state index in [1.54, 1.807) is 0 Å². The van der Waals surface area contributed by atoms with Gasteiger partial charge in [-0.1, -0.05) is 0 Å². The van der Waals surface area contributed by atoms with Crippen LogP contribution in [0.4, 0.5) is 0 Å². The second-order valence-electron chi connectivity index (χ2n) is 5.47. The molecule has 0 heterocycles. The predicted octanol–water partition coefficient (Wildman–Crippen LogP) is 2.05. The van der Waals surface area contributed by atoms with Crippen LogP contribution in [0.15, 0.2) is 0 Å². The molecular weight excluding hydrogens is 204 g/mol. The first-order chi connectivity index (χ1) is 7.33. The molecule has 0 unspecified atom stereocenters. The maximum atomic E-state index is 5.28. The second-order valence-corrected chi connectivity index (χ2v) is 5.88. The average molecular weight is 224 g/mol. The average Bonchev–Trinajstić information content (AvgIpc) is 3.04. The third-order valence-electron chi connectivity index (χ3n) is 3.87. The van der Waals surface area contributed by atoms with E-state index in [2.05, 4.69) is 10.6 Å². The SMILES string of the molecule is S=C(NCC(C1CC1)C1CC1)NC1CC1. The minimum absolute atomic E-state index is 0.685. The maximum absolute atomic E-state index is 5.28. The summed E-state index contributed by atoms with van der Waals surface area (Å²) in [7, 11) is 0. The van der Waals surface area contributed by atoms with E-state index in [0.29, 0.717) is 6.04 Å². The van der Waals surface area contributed by atoms with Crippen LogP contribution in [-0.2, 0) is 0 Å². The molecule has 0 radical (unpaired) electrons. The fourth-order valence-corrected chi connectivity index (χ4v) is 2.69. The molecule has 15 heavy (non-hydrogen) atoms. The highest BCUT2D eigenvalue weighted by Crippen LogP contribution is 2.48. The van der Waals surface area contributed by atoms with E-state index in [9.17, 15) is 0 Å². The standard InChI is InChI=1S/C12H20N2S/c15-12(14-10-5-6-10)13-7-11(8-1-2-8)9-3-4-9/h8-11H,1-7H2,(H2,13,14,15). The summed E-state index contributed by atoms with van der Waals surface area (Å²) < 4.78 is 0. The van der Waals surface area contributed by atoms with Crippen molar-refractivity contribution in [2.24, 2.45) is 17.8 Å². The van der Waals surface area contributed by atoms with Crippen molar-refractivity contribution in [2.75, 3.05) is 6.54 Å². The van der Waals surface area contributed by atoms with Gasteiger partial charge in [-0.15, -0.1) is 0 Å². The van der Waals surface area contributed by atoms with Crippen LogP contribution in [0.2, 0.25) is 0 Å². The molecular formula is C12H20N2S. The van der Waals surface area contributed by atoms with Crippen LogP contribution in [0.1, 0.15) is 38.5 Å². The van der Waals surface area contributed by atoms with E-state index in [4.69, 9.17) is 12.2 Å². The van der Waals surface area contributed by atoms with Gasteiger partial charge in [0.2, 0.25) is 0 Å². The van der Waals surface area contributed by atoms with Gasteiger partial charge in [0.05, 0.1) is 0 Å². The van der Waals surface area contributed by atoms with Crippen LogP contribution < -0.4 is 10.6 Å². The monoisotopic (exact) mass is 224 g/mol. The van der Waals surface area contributed by atoms with Crippen molar-refractivity contribution in [2.45, 2.75) is 44.6 Å². The summed E-state index contributed by atoms with van der Waals surface area (Å²) in [6.45, 7) is 1.12. The minimum Gasteiger partial charge on any atom is -0.362 e. The molecule has 0 aromatic carbocycles. The molecule has 0 bridgehead atoms. The van der Waals surface area contributed by atoms with Gasteiger partial charge in [-0.2, -0.15) is 0 Å². The molecule has 0 aromatic heterocycles. The highest BCUT2D eigenvalue weighted by molar-refractivity contribution is 7.80. The van der Waals surface area contributed by atoms with Gasteiger partial charge in [0, 0.05) is 12.6 Å². The van der Waals surface area contributed by atoms with Crippen LogP contribution in [0.3, 0.4) is 0 Å². The Morgan fingerprint density at radius 2 is 1.67 bits per heavy atom. The van der Waals surface area contributed by atoms with Gasteiger partial charge < -0.3 is 10.6 Å². The highest BCUT2D eigenvalue weighted by Gasteiger charge is 2.41. The van der Waals surface area contributed by atoms with Crippen molar-refractivity contribution in [3.05, 3.63) is 0 Å². The molecule has 3 saturated carbocycles. The lowest BCUT2D eigenvalue weighted by Gasteiger charge is -2.17. The van der Waals surface area contributed by atoms with Crippen molar-refractivity contribution >= 4 is 17.3 Å². The smallest absolute Gasteiger partial charge is 0.166 e. The van der Waals surface area contributed by atoms with E-state index in [-0.39, 0.29) is 0 Å². The number of nitrogens with one attached hydrogen (secondary N) is 2. The Balaban J connectivity index is 1.40. The van der Waals surface area contributed by atoms with Crippen LogP contribution in [0.5, 0.6) is 0 Å². The molecule has 0 aromatic rings. The van der Waals surface area contributed by atoms with Gasteiger partial charge in [-0.25, -0.2) is 0 Å². The van der Waals surface area contributed by atoms with E-state index < -0.39 is 0 Å². The molecule has 2 nitrogen and oxygen atoms in total. The topological polar surface area (TPSA) is 24.1 Å². The first kappa shape index (κ1) is 9.88. The summed E-state index contributed by atoms with van der Waals surface area (Å²) in [5, 5.41) is 7.66. The quantitative estimate of drug-likeness (QED) is 0.699. The molecule has 0 amide bonds. The van der Waals surface area contributed by atoms with Crippen LogP contribution in [0, 0.1) is 17.8 Å². The zero-order valence-corrected chi connectivity index (χ0v) is 9.98. The van der Waals surface area contributed by atoms with E-state index in [0.717, 1.165) is 29.4 Å². The molecule has 0 aliphatic heterocycles. The maximum Gasteiger partial charge on any atom is 0.166 e. The Bertz CT molecular complexity index is 242. The van der Waals surface area contributed by atoms with Crippen molar-refractivity contribution < 1.29 is 0 Å². The third kappa shape index (κ3) is 2.83. The van der Waals surface area contributed by atoms with Gasteiger partial charge in [-0.3, -0.25) is 0 Å². The van der Waals surface area contributed by atoms with Crippen molar-refractivity contribution in [1.82, 2.24) is 10.6 Å². The molecule has 0 saturated heterocycles. The van der Waals surface area contributed by atoms with E-state index in [1.807, 2.05) is 0 Å². The summed E-state index contributed by atoms with van der Waals surface area (Å²) in [4.78, 5) is 0. The predicted molar refractivity (Wildman–Crippen MR) is 65.7 cm³/mol. The molecule has 84 valence electrons. The minimum atomic E-state index is 0.685. The fourth-order valence-electron chi connectivity index (χ4n) is 2.44. The van der Waals surface area contributed by atoms with E-state index in [1.165, 1.54) is 38.5 Å². The molecule has 3 fully saturated rings. The Morgan fingerprint density at radius 1 is 1.07 bits per heavy atom. The number of hydrogen-bond acceptors (Lipinski definition) is 1. The van der Waals surface area contributed by atoms with Crippen molar-refractivity contribution in [3.63, 3.8) is 0 Å². The van der Waals surface area contributed by atoms with Crippen molar-refractivity contribution in [3.8, 4) is 0 Å². The zero-order chi connectivity index (χ0) is 10.3. The van der Waals surface area contributed by atoms with Gasteiger partial charge in [0.1, 0.15) is 0 Å². The summed E-state index contributed by atoms with van der Waals surface area (Å²) >= 11 is 5.28. The van der Waals surface area contributed by atoms with E-state index >= 15 is 0 Å². The van der Waals surface area contributed by atoms with Crippen LogP contribution >= 0.6 is 12.2 Å². The fraction of sp³-hybridized carbons (Fsp3) is 0.917. The Kier molecular flexibility index (Phi) is 2.59. The lowest BCUT2D eigenvalue weighted by atomic mass is 9.98. The van der Waals surface area contributed by atoms with Gasteiger partial charge in [-0.05, 0) is 68.5 Å². The molecule has 3 heteroatoms. The first-order valence-electron chi connectivity index (χ1n) is 6.37. The molecule has 3 rings (SSSR count). The number of thiocarbonyl (C=S) groups is 1. The number of rotatable bonds is 5. The Labute approximate surface area is 97.2 Å². The third-order valence-corrected chi connectivity index (χ3v) is 4.13. The van der Waals surface area contributed by atoms with Crippen LogP contribution in [0.25, 0.3) is 0 Å². The zero-order valence-electron chi connectivity index (χ0n) is 9.17. The van der Waals surface area contributed by atoms with Gasteiger partial charge in [0.15, 0.2) is 5.11 Å². The van der Waals surface area contributed by atoms with Gasteiger partial charge >= 0.3 is 0 Å². The summed E-state index contributed by atoms with van der Waals surface area (Å²) in [6, 6.07) is 0.685. The molecule has 3 aliphatic rings. The lowest BCUT2D eigenvalue weighted by Crippen LogP contribution is -2.39. The molecule has 0 spiro atoms. The lowest BCUT2D eigenvalue weighted by molar-refractivity contribution is 0.401. The molecule has 0 atom stereocenters. The van der Waals surface area contributed by atoms with Crippen molar-refractivity contribution in [1.29, 1.82) is 0 Å². The summed E-state index contributed by atoms with van der Waals surface area (Å²) in [5.41, 5.74) is 0. The van der Waals surface area contributed by atoms with Crippen LogP contribution in [-0.4, -0.2) is 17.7 Å². The number of hydrogen-bond donors (Lipinski definition) is 2. The van der Waals surface area contributed by atoms with Gasteiger partial charge in [0.25, 0.3) is 0 Å². The normalized spacial score (nSPS) is 25.4. The molecule has 3 aliphatic carbocycles. The summed E-state index contributed by atoms with van der Waals surface area (Å²) in [6.07, 6.45) is 8.46. The Morgan fingerprint density at radius 3 is 2.13 bits per heavy atom.